The number of hydrogen-bond acceptors (Lipinski definition) is 1. The molecule has 16 heavy (non-hydrogen) atoms. The largest absolute Gasteiger partial charge is 0.454 e. The molecule has 82 valence electrons. The van der Waals surface area contributed by atoms with Gasteiger partial charge >= 0.3 is 0 Å². The standard InChI is InChI=1S/C14H13FO/c1-10-6-8-12(9-7-10)16-13-5-3-4-11(2)14(13)15/h3-9H,1-2H3. The van der Waals surface area contributed by atoms with Crippen LogP contribution < -0.4 is 4.74 Å². The van der Waals surface area contributed by atoms with Crippen molar-refractivity contribution in [1.29, 1.82) is 0 Å². The normalized spacial score (nSPS) is 10.2. The highest BCUT2D eigenvalue weighted by atomic mass is 19.1. The minimum Gasteiger partial charge on any atom is -0.454 e. The molecule has 0 spiro atoms. The Balaban J connectivity index is 2.27. The van der Waals surface area contributed by atoms with Crippen LogP contribution in [-0.4, -0.2) is 0 Å². The summed E-state index contributed by atoms with van der Waals surface area (Å²) >= 11 is 0. The molecule has 0 radical (unpaired) electrons. The van der Waals surface area contributed by atoms with E-state index in [9.17, 15) is 4.39 Å². The second-order valence-corrected chi connectivity index (χ2v) is 3.80. The van der Waals surface area contributed by atoms with Crippen LogP contribution in [0.3, 0.4) is 0 Å². The monoisotopic (exact) mass is 216 g/mol. The molecule has 0 saturated heterocycles. The molecule has 0 atom stereocenters. The van der Waals surface area contributed by atoms with Gasteiger partial charge < -0.3 is 4.74 Å². The van der Waals surface area contributed by atoms with Crippen LogP contribution in [0, 0.1) is 19.7 Å². The molecule has 2 aromatic carbocycles. The fourth-order valence-corrected chi connectivity index (χ4v) is 1.43. The van der Waals surface area contributed by atoms with E-state index in [0.29, 0.717) is 11.3 Å². The molecule has 0 aliphatic heterocycles. The highest BCUT2D eigenvalue weighted by molar-refractivity contribution is 5.36. The van der Waals surface area contributed by atoms with Crippen molar-refractivity contribution < 1.29 is 9.13 Å². The van der Waals surface area contributed by atoms with Crippen LogP contribution in [0.4, 0.5) is 4.39 Å². The Labute approximate surface area is 94.5 Å². The zero-order valence-corrected chi connectivity index (χ0v) is 9.33. The average Bonchev–Trinajstić information content (AvgIpc) is 2.28. The van der Waals surface area contributed by atoms with E-state index >= 15 is 0 Å². The Bertz CT molecular complexity index is 489. The van der Waals surface area contributed by atoms with E-state index in [0.717, 1.165) is 5.56 Å². The van der Waals surface area contributed by atoms with E-state index in [1.807, 2.05) is 31.2 Å². The Hall–Kier alpha value is -1.83. The maximum atomic E-state index is 13.6. The molecule has 0 saturated carbocycles. The third kappa shape index (κ3) is 2.22. The highest BCUT2D eigenvalue weighted by Gasteiger charge is 2.06. The van der Waals surface area contributed by atoms with Crippen molar-refractivity contribution >= 4 is 0 Å². The first kappa shape index (κ1) is 10.7. The lowest BCUT2D eigenvalue weighted by Crippen LogP contribution is -1.90. The Morgan fingerprint density at radius 1 is 0.938 bits per heavy atom. The van der Waals surface area contributed by atoms with Crippen LogP contribution in [0.2, 0.25) is 0 Å². The van der Waals surface area contributed by atoms with Crippen LogP contribution in [-0.2, 0) is 0 Å². The van der Waals surface area contributed by atoms with Gasteiger partial charge in [-0.3, -0.25) is 0 Å². The first-order valence-corrected chi connectivity index (χ1v) is 5.16. The molecule has 1 nitrogen and oxygen atoms in total. The topological polar surface area (TPSA) is 9.23 Å². The zero-order chi connectivity index (χ0) is 11.5. The first-order valence-electron chi connectivity index (χ1n) is 5.16. The predicted molar refractivity (Wildman–Crippen MR) is 62.4 cm³/mol. The SMILES string of the molecule is Cc1ccc(Oc2cccc(C)c2F)cc1. The van der Waals surface area contributed by atoms with E-state index in [-0.39, 0.29) is 11.6 Å². The molecule has 0 bridgehead atoms. The predicted octanol–water partition coefficient (Wildman–Crippen LogP) is 4.23. The smallest absolute Gasteiger partial charge is 0.168 e. The van der Waals surface area contributed by atoms with Gasteiger partial charge in [-0.25, -0.2) is 4.39 Å². The average molecular weight is 216 g/mol. The molecule has 0 aliphatic rings. The van der Waals surface area contributed by atoms with E-state index < -0.39 is 0 Å². The zero-order valence-electron chi connectivity index (χ0n) is 9.33. The summed E-state index contributed by atoms with van der Waals surface area (Å²) in [6.07, 6.45) is 0. The van der Waals surface area contributed by atoms with Gasteiger partial charge in [0.25, 0.3) is 0 Å². The molecular formula is C14H13FO. The van der Waals surface area contributed by atoms with Gasteiger partial charge in [0.1, 0.15) is 5.75 Å². The lowest BCUT2D eigenvalue weighted by molar-refractivity contribution is 0.440. The first-order chi connectivity index (χ1) is 7.66. The van der Waals surface area contributed by atoms with Gasteiger partial charge in [0, 0.05) is 0 Å². The van der Waals surface area contributed by atoms with Crippen LogP contribution in [0.5, 0.6) is 11.5 Å². The van der Waals surface area contributed by atoms with Gasteiger partial charge in [0.15, 0.2) is 11.6 Å². The molecule has 0 fully saturated rings. The molecule has 0 amide bonds. The van der Waals surface area contributed by atoms with Crippen molar-refractivity contribution in [1.82, 2.24) is 0 Å². The molecule has 0 aliphatic carbocycles. The van der Waals surface area contributed by atoms with Gasteiger partial charge in [0.05, 0.1) is 0 Å². The van der Waals surface area contributed by atoms with Crippen LogP contribution in [0.1, 0.15) is 11.1 Å². The fourth-order valence-electron chi connectivity index (χ4n) is 1.43. The summed E-state index contributed by atoms with van der Waals surface area (Å²) in [7, 11) is 0. The fraction of sp³-hybridized carbons (Fsp3) is 0.143. The summed E-state index contributed by atoms with van der Waals surface area (Å²) < 4.78 is 19.1. The number of aryl methyl sites for hydroxylation is 2. The van der Waals surface area contributed by atoms with Gasteiger partial charge in [0.2, 0.25) is 0 Å². The maximum absolute atomic E-state index is 13.6. The molecule has 2 rings (SSSR count). The quantitative estimate of drug-likeness (QED) is 0.729. The maximum Gasteiger partial charge on any atom is 0.168 e. The molecule has 2 aromatic rings. The van der Waals surface area contributed by atoms with Crippen molar-refractivity contribution in [2.75, 3.05) is 0 Å². The molecule has 2 heteroatoms. The van der Waals surface area contributed by atoms with Gasteiger partial charge in [-0.1, -0.05) is 29.8 Å². The summed E-state index contributed by atoms with van der Waals surface area (Å²) in [6.45, 7) is 3.72. The Morgan fingerprint density at radius 3 is 2.31 bits per heavy atom. The number of ether oxygens (including phenoxy) is 1. The van der Waals surface area contributed by atoms with E-state index in [1.165, 1.54) is 0 Å². The van der Waals surface area contributed by atoms with Gasteiger partial charge in [-0.2, -0.15) is 0 Å². The summed E-state index contributed by atoms with van der Waals surface area (Å²) in [5, 5.41) is 0. The Kier molecular flexibility index (Phi) is 2.91. The number of hydrogen-bond donors (Lipinski definition) is 0. The van der Waals surface area contributed by atoms with Crippen molar-refractivity contribution in [2.45, 2.75) is 13.8 Å². The van der Waals surface area contributed by atoms with Crippen LogP contribution in [0.15, 0.2) is 42.5 Å². The van der Waals surface area contributed by atoms with Gasteiger partial charge in [-0.05, 0) is 37.6 Å². The third-order valence-corrected chi connectivity index (χ3v) is 2.41. The van der Waals surface area contributed by atoms with E-state index in [1.54, 1.807) is 25.1 Å². The number of benzene rings is 2. The van der Waals surface area contributed by atoms with Crippen LogP contribution in [0.25, 0.3) is 0 Å². The molecule has 0 N–H and O–H groups in total. The third-order valence-electron chi connectivity index (χ3n) is 2.41. The highest BCUT2D eigenvalue weighted by Crippen LogP contribution is 2.26. The van der Waals surface area contributed by atoms with Crippen LogP contribution >= 0.6 is 0 Å². The summed E-state index contributed by atoms with van der Waals surface area (Å²) in [5.41, 5.74) is 1.74. The van der Waals surface area contributed by atoms with E-state index in [2.05, 4.69) is 0 Å². The minimum absolute atomic E-state index is 0.267. The van der Waals surface area contributed by atoms with Crippen molar-refractivity contribution in [2.24, 2.45) is 0 Å². The van der Waals surface area contributed by atoms with Crippen molar-refractivity contribution in [3.8, 4) is 11.5 Å². The lowest BCUT2D eigenvalue weighted by atomic mass is 10.2. The summed E-state index contributed by atoms with van der Waals surface area (Å²) in [6, 6.07) is 12.7. The summed E-state index contributed by atoms with van der Waals surface area (Å²) in [4.78, 5) is 0. The van der Waals surface area contributed by atoms with E-state index in [4.69, 9.17) is 4.74 Å². The Morgan fingerprint density at radius 2 is 1.62 bits per heavy atom. The van der Waals surface area contributed by atoms with Crippen molar-refractivity contribution in [3.63, 3.8) is 0 Å². The van der Waals surface area contributed by atoms with Crippen molar-refractivity contribution in [3.05, 3.63) is 59.4 Å². The molecule has 0 aromatic heterocycles. The molecule has 0 unspecified atom stereocenters. The molecular weight excluding hydrogens is 203 g/mol. The number of rotatable bonds is 2. The lowest BCUT2D eigenvalue weighted by Gasteiger charge is -2.08. The second kappa shape index (κ2) is 4.35. The van der Waals surface area contributed by atoms with Gasteiger partial charge in [-0.15, -0.1) is 0 Å². The molecule has 0 heterocycles. The minimum atomic E-state index is -0.303. The number of halogens is 1. The second-order valence-electron chi connectivity index (χ2n) is 3.80. The summed E-state index contributed by atoms with van der Waals surface area (Å²) in [5.74, 6) is 0.613.